The lowest BCUT2D eigenvalue weighted by atomic mass is 9.89. The topological polar surface area (TPSA) is 424 Å². The highest BCUT2D eigenvalue weighted by atomic mass is 35.5. The van der Waals surface area contributed by atoms with Gasteiger partial charge in [0, 0.05) is 78.9 Å². The number of benzene rings is 6. The number of carbonyl (C=O) groups is 17. The van der Waals surface area contributed by atoms with Crippen molar-refractivity contribution in [3.05, 3.63) is 227 Å². The number of methoxy groups -OCH3 is 1. The minimum Gasteiger partial charge on any atom is -0.481 e. The second-order valence-corrected chi connectivity index (χ2v) is 28.9. The molecule has 0 saturated carbocycles. The largest absolute Gasteiger partial charge is 0.481 e. The van der Waals surface area contributed by atoms with Gasteiger partial charge in [0.05, 0.1) is 51.0 Å². The summed E-state index contributed by atoms with van der Waals surface area (Å²) in [5.74, 6) is -14.5. The van der Waals surface area contributed by atoms with E-state index in [1.165, 1.54) is 6.92 Å². The van der Waals surface area contributed by atoms with Crippen LogP contribution in [0.25, 0.3) is 0 Å². The molecule has 0 spiro atoms. The molecule has 0 aromatic heterocycles. The summed E-state index contributed by atoms with van der Waals surface area (Å²) in [7, 11) is 0.988. The third kappa shape index (κ3) is 40.3. The highest BCUT2D eigenvalue weighted by molar-refractivity contribution is 6.80. The summed E-state index contributed by atoms with van der Waals surface area (Å²) >= 11 is 4.69. The lowest BCUT2D eigenvalue weighted by Gasteiger charge is -2.21. The number of carbonyl (C=O) groups excluding carboxylic acids is 16. The highest BCUT2D eigenvalue weighted by Crippen LogP contribution is 2.26. The van der Waals surface area contributed by atoms with Gasteiger partial charge >= 0.3 is 41.1 Å². The van der Waals surface area contributed by atoms with Crippen molar-refractivity contribution in [1.82, 2.24) is 16.0 Å². The number of rotatable bonds is 48. The van der Waals surface area contributed by atoms with Gasteiger partial charge in [-0.2, -0.15) is 0 Å². The molecule has 1 unspecified atom stereocenters. The number of hydrogen-bond acceptors (Lipinski definition) is 22. The van der Waals surface area contributed by atoms with Crippen LogP contribution in [0.2, 0.25) is 0 Å². The Labute approximate surface area is 718 Å². The average molecular weight is 1710 g/mol. The maximum Gasteiger partial charge on any atom is 0.423 e. The van der Waals surface area contributed by atoms with Crippen molar-refractivity contribution in [2.24, 2.45) is 29.6 Å². The van der Waals surface area contributed by atoms with E-state index in [0.29, 0.717) is 61.6 Å². The number of ether oxygens (including phenoxy) is 5. The molecule has 6 N–H and O–H groups in total. The number of aliphatic carboxylic acids is 1. The van der Waals surface area contributed by atoms with Crippen molar-refractivity contribution in [3.8, 4) is 0 Å². The molecule has 27 nitrogen and oxygen atoms in total. The van der Waals surface area contributed by atoms with Gasteiger partial charge in [-0.05, 0) is 120 Å². The number of Topliss-reactive ketones (excluding diaryl/α,β-unsaturated/α-hetero) is 7. The number of carboxylic acids is 1. The standard InChI is InChI=1S/C33H39NO9.C30H37NO6.C27H33NO5.C4H5ClO3.H2O/c1-5-7-16-25(29(31(38)42-6-2)43-33(40)32(39)41-4)20-27(35)22(3)34-30(37)26(19-23-14-10-8-11-15-23)21-28(36)24-17-12-9-13-18-24;1-4-6-15-24(28(34)30(36)37-5-2)19-26(32)21(3)31-29(35)25(18-22-13-9-7-10-14-22)20-27(33)23-16-11-8-12-17-23;1-3-4-13-22(27(32)33)17-24(29)19(2)28-26(31)23(16-20-11-7-5-8-12-20)18-25(30)21-14-9-6-10-15-21;1-2-8-4(7)3(5)6;/h8-15,17-18,22,26H,5-7,16,19-21H2,1-4H3,(H,34,37);7-14,16-17,21,24-25H,4-6,15,18-20H2,1-3H3,(H,31,35);5-12,14-15,19,22-23H,3-4,13,16-18H2,1-2H3,(H,28,31)(H,32,33);2H2,1H3;1H2/b29-25-;;;;/t22-,26+;21-,24?,25+;19-,22+,23+;;/m000../s1. The molecular formula is C94H116ClN3O24. The molecule has 0 aliphatic carbocycles. The van der Waals surface area contributed by atoms with E-state index in [-0.39, 0.29) is 117 Å². The van der Waals surface area contributed by atoms with Crippen molar-refractivity contribution in [2.75, 3.05) is 26.9 Å². The molecule has 0 fully saturated rings. The van der Waals surface area contributed by atoms with E-state index in [0.717, 1.165) is 43.1 Å². The van der Waals surface area contributed by atoms with Crippen LogP contribution in [0.4, 0.5) is 0 Å². The Kier molecular flexibility index (Phi) is 51.7. The normalized spacial score (nSPS) is 12.6. The van der Waals surface area contributed by atoms with Crippen molar-refractivity contribution in [3.63, 3.8) is 0 Å². The van der Waals surface area contributed by atoms with Crippen LogP contribution in [0, 0.1) is 29.6 Å². The molecule has 6 rings (SSSR count). The number of halogens is 1. The quantitative estimate of drug-likeness (QED) is 0.00524. The van der Waals surface area contributed by atoms with Crippen LogP contribution in [-0.4, -0.2) is 155 Å². The first-order valence-corrected chi connectivity index (χ1v) is 41.1. The Morgan fingerprint density at radius 1 is 0.369 bits per heavy atom. The van der Waals surface area contributed by atoms with Crippen LogP contribution in [0.3, 0.4) is 0 Å². The zero-order chi connectivity index (χ0) is 89.8. The van der Waals surface area contributed by atoms with Crippen LogP contribution < -0.4 is 16.0 Å². The fourth-order valence-electron chi connectivity index (χ4n) is 12.2. The number of nitrogens with one attached hydrogen (secondary N) is 3. The lowest BCUT2D eigenvalue weighted by Crippen LogP contribution is -2.44. The minimum atomic E-state index is -1.43. The number of esters is 5. The Balaban J connectivity index is 0.000000593. The molecule has 122 heavy (non-hydrogen) atoms. The molecule has 0 heterocycles. The van der Waals surface area contributed by atoms with Gasteiger partial charge < -0.3 is 50.2 Å². The third-order valence-electron chi connectivity index (χ3n) is 19.1. The van der Waals surface area contributed by atoms with Gasteiger partial charge in [0.15, 0.2) is 34.7 Å². The first kappa shape index (κ1) is 106. The molecule has 6 aromatic carbocycles. The average Bonchev–Trinajstić information content (AvgIpc) is 0.841. The molecule has 0 aliphatic heterocycles. The fourth-order valence-corrected chi connectivity index (χ4v) is 12.3. The van der Waals surface area contributed by atoms with Gasteiger partial charge in [-0.25, -0.2) is 24.0 Å². The van der Waals surface area contributed by atoms with E-state index in [4.69, 9.17) is 25.8 Å². The fraction of sp³-hybridized carbons (Fsp3) is 0.415. The molecule has 3 amide bonds. The van der Waals surface area contributed by atoms with E-state index in [9.17, 15) is 86.6 Å². The Morgan fingerprint density at radius 2 is 0.680 bits per heavy atom. The van der Waals surface area contributed by atoms with E-state index in [1.807, 2.05) is 124 Å². The van der Waals surface area contributed by atoms with Crippen LogP contribution in [0.5, 0.6) is 0 Å². The van der Waals surface area contributed by atoms with Gasteiger partial charge in [0.1, 0.15) is 0 Å². The molecule has 8 atom stereocenters. The number of carboxylic acid groups (broad SMARTS) is 1. The van der Waals surface area contributed by atoms with E-state index in [2.05, 4.69) is 25.4 Å². The van der Waals surface area contributed by atoms with E-state index in [1.54, 1.807) is 113 Å². The maximum absolute atomic E-state index is 13.4. The van der Waals surface area contributed by atoms with Crippen molar-refractivity contribution in [1.29, 1.82) is 0 Å². The summed E-state index contributed by atoms with van der Waals surface area (Å²) in [6, 6.07) is 51.6. The predicted octanol–water partition coefficient (Wildman–Crippen LogP) is 12.8. The summed E-state index contributed by atoms with van der Waals surface area (Å²) in [5.41, 5.74) is 4.38. The van der Waals surface area contributed by atoms with Crippen molar-refractivity contribution >= 4 is 111 Å². The van der Waals surface area contributed by atoms with Gasteiger partial charge in [0.2, 0.25) is 29.3 Å². The molecule has 28 heteroatoms. The zero-order valence-corrected chi connectivity index (χ0v) is 71.9. The molecule has 0 radical (unpaired) electrons. The summed E-state index contributed by atoms with van der Waals surface area (Å²) in [5, 5.41) is 16.5. The lowest BCUT2D eigenvalue weighted by molar-refractivity contribution is -0.165. The van der Waals surface area contributed by atoms with Crippen molar-refractivity contribution in [2.45, 2.75) is 196 Å². The molecule has 0 bridgehead atoms. The summed E-state index contributed by atoms with van der Waals surface area (Å²) < 4.78 is 23.4. The maximum atomic E-state index is 13.4. The van der Waals surface area contributed by atoms with Gasteiger partial charge in [0.25, 0.3) is 0 Å². The molecule has 658 valence electrons. The van der Waals surface area contributed by atoms with Crippen molar-refractivity contribution < 1.29 is 116 Å². The second kappa shape index (κ2) is 59.6. The Morgan fingerprint density at radius 3 is 0.992 bits per heavy atom. The zero-order valence-electron chi connectivity index (χ0n) is 71.1. The predicted molar refractivity (Wildman–Crippen MR) is 456 cm³/mol. The second-order valence-electron chi connectivity index (χ2n) is 28.5. The van der Waals surface area contributed by atoms with E-state index < -0.39 is 118 Å². The van der Waals surface area contributed by atoms with Crippen LogP contribution in [0.15, 0.2) is 193 Å². The SMILES string of the molecule is CCCC/C(CC(=O)[C@H](C)NC(=O)[C@@H](CC(=O)c1ccccc1)Cc1ccccc1)=C(/OC(=O)C(=O)OC)C(=O)OCC.CCCCC(CC(=O)[C@H](C)NC(=O)[C@@H](CC(=O)c1ccccc1)Cc1ccccc1)C(=O)C(=O)OCC.CCCC[C@H](CC(=O)[C@H](C)NC(=O)[C@@H](CC(=O)c1ccccc1)Cc1ccccc1)C(=O)O.CCOC(=O)C(=O)Cl.O. The number of ketones is 7. The Hall–Kier alpha value is -12.1. The van der Waals surface area contributed by atoms with Gasteiger partial charge in [-0.1, -0.05) is 235 Å². The monoisotopic (exact) mass is 1710 g/mol. The first-order chi connectivity index (χ1) is 57.9. The first-order valence-electron chi connectivity index (χ1n) is 40.7. The number of hydrogen-bond donors (Lipinski definition) is 4. The number of allylic oxidation sites excluding steroid dienone is 1. The molecule has 6 aromatic rings. The van der Waals surface area contributed by atoms with Gasteiger partial charge in [-0.3, -0.25) is 57.5 Å². The summed E-state index contributed by atoms with van der Waals surface area (Å²) in [4.78, 5) is 210. The number of amides is 3. The smallest absolute Gasteiger partial charge is 0.423 e. The molecule has 0 saturated heterocycles. The van der Waals surface area contributed by atoms with Crippen LogP contribution in [-0.2, 0) is 110 Å². The molecular weight excluding hydrogens is 1590 g/mol. The van der Waals surface area contributed by atoms with Crippen LogP contribution in [0.1, 0.15) is 206 Å². The third-order valence-corrected chi connectivity index (χ3v) is 19.2. The highest BCUT2D eigenvalue weighted by Gasteiger charge is 2.35. The molecule has 0 aliphatic rings. The summed E-state index contributed by atoms with van der Waals surface area (Å²) in [6.07, 6.45) is 5.63. The van der Waals surface area contributed by atoms with E-state index >= 15 is 0 Å². The minimum absolute atomic E-state index is 0. The summed E-state index contributed by atoms with van der Waals surface area (Å²) in [6.45, 7) is 15.4. The van der Waals surface area contributed by atoms with Crippen LogP contribution >= 0.6 is 11.6 Å². The van der Waals surface area contributed by atoms with Gasteiger partial charge in [-0.15, -0.1) is 0 Å². The number of unbranched alkanes of at least 4 members (excludes halogenated alkanes) is 3. The Bertz CT molecular complexity index is 4390.